The third kappa shape index (κ3) is 6.21. The lowest BCUT2D eigenvalue weighted by Gasteiger charge is -2.25. The third-order valence-corrected chi connectivity index (χ3v) is 7.83. The molecule has 1 atom stereocenters. The summed E-state index contributed by atoms with van der Waals surface area (Å²) in [5, 5.41) is 15.2. The number of rotatable bonds is 7. The Morgan fingerprint density at radius 2 is 2.05 bits per heavy atom. The van der Waals surface area contributed by atoms with Crippen LogP contribution in [0.4, 0.5) is 24.5 Å². The molecule has 1 fully saturated rings. The molecule has 2 N–H and O–H groups in total. The fourth-order valence-electron chi connectivity index (χ4n) is 5.08. The van der Waals surface area contributed by atoms with E-state index in [9.17, 15) is 23.2 Å². The molecule has 0 bridgehead atoms. The van der Waals surface area contributed by atoms with Crippen LogP contribution in [0, 0.1) is 18.3 Å². The van der Waals surface area contributed by atoms with Gasteiger partial charge in [0.15, 0.2) is 6.23 Å². The first kappa shape index (κ1) is 30.1. The highest BCUT2D eigenvalue weighted by Crippen LogP contribution is 2.36. The van der Waals surface area contributed by atoms with Crippen LogP contribution in [0.15, 0.2) is 59.9 Å². The first-order valence-corrected chi connectivity index (χ1v) is 14.7. The number of nitriles is 1. The molecule has 0 aliphatic carbocycles. The topological polar surface area (TPSA) is 123 Å². The van der Waals surface area contributed by atoms with E-state index >= 15 is 0 Å². The van der Waals surface area contributed by atoms with Crippen molar-refractivity contribution in [2.75, 3.05) is 23.5 Å². The fourth-order valence-corrected chi connectivity index (χ4v) is 5.63. The highest BCUT2D eigenvalue weighted by Gasteiger charge is 2.33. The van der Waals surface area contributed by atoms with Crippen LogP contribution in [0.3, 0.4) is 0 Å². The number of nitrogens with zero attached hydrogens (tertiary/aromatic N) is 6. The van der Waals surface area contributed by atoms with Gasteiger partial charge in [-0.2, -0.15) is 23.5 Å². The van der Waals surface area contributed by atoms with Gasteiger partial charge in [-0.15, -0.1) is 11.8 Å². The summed E-state index contributed by atoms with van der Waals surface area (Å²) in [4.78, 5) is 23.0. The number of halogens is 3. The number of hydrogen-bond acceptors (Lipinski definition) is 8. The van der Waals surface area contributed by atoms with Crippen molar-refractivity contribution in [3.05, 3.63) is 83.1 Å². The van der Waals surface area contributed by atoms with Gasteiger partial charge in [-0.25, -0.2) is 9.67 Å². The number of anilines is 2. The Hall–Kier alpha value is -4.41. The van der Waals surface area contributed by atoms with Gasteiger partial charge in [0.25, 0.3) is 5.91 Å². The Labute approximate surface area is 250 Å². The van der Waals surface area contributed by atoms with E-state index in [1.54, 1.807) is 41.2 Å². The zero-order chi connectivity index (χ0) is 30.7. The van der Waals surface area contributed by atoms with Crippen molar-refractivity contribution >= 4 is 29.0 Å². The summed E-state index contributed by atoms with van der Waals surface area (Å²) in [5.41, 5.74) is 9.18. The molecule has 0 radical (unpaired) electrons. The molecule has 1 amide bonds. The van der Waals surface area contributed by atoms with Crippen LogP contribution in [0.5, 0.6) is 0 Å². The van der Waals surface area contributed by atoms with Gasteiger partial charge in [-0.1, -0.05) is 12.1 Å². The minimum absolute atomic E-state index is 0.0138. The molecule has 13 heteroatoms. The molecule has 4 aromatic rings. The Morgan fingerprint density at radius 3 is 2.67 bits per heavy atom. The second kappa shape index (κ2) is 12.4. The van der Waals surface area contributed by atoms with E-state index in [-0.39, 0.29) is 18.3 Å². The second-order valence-corrected chi connectivity index (χ2v) is 10.8. The number of carbonyl (C=O) groups excluding carboxylic acids is 1. The minimum Gasteiger partial charge on any atom is -0.398 e. The summed E-state index contributed by atoms with van der Waals surface area (Å²) in [6.07, 6.45) is 2.09. The maximum atomic E-state index is 13.7. The summed E-state index contributed by atoms with van der Waals surface area (Å²) in [5.74, 6) is -0.552. The molecule has 1 aromatic carbocycles. The zero-order valence-electron chi connectivity index (χ0n) is 23.4. The first-order valence-electron chi connectivity index (χ1n) is 13.5. The number of nitrogen functional groups attached to an aromatic ring is 1. The number of aryl methyl sites for hydroxylation is 1. The predicted octanol–water partition coefficient (Wildman–Crippen LogP) is 6.39. The Bertz CT molecular complexity index is 1680. The van der Waals surface area contributed by atoms with Crippen LogP contribution in [0.25, 0.3) is 11.1 Å². The number of aromatic nitrogens is 4. The molecular weight excluding hydrogens is 579 g/mol. The molecule has 0 spiro atoms. The van der Waals surface area contributed by atoms with Crippen molar-refractivity contribution in [3.8, 4) is 17.2 Å². The van der Waals surface area contributed by atoms with Crippen molar-refractivity contribution < 1.29 is 22.7 Å². The van der Waals surface area contributed by atoms with Crippen molar-refractivity contribution in [1.29, 1.82) is 5.26 Å². The molecular formula is C30H28F3N7O2S. The number of carbonyl (C=O) groups is 1. The first-order chi connectivity index (χ1) is 20.6. The van der Waals surface area contributed by atoms with Gasteiger partial charge in [0.1, 0.15) is 22.5 Å². The number of hydrogen-bond donors (Lipinski definition) is 1. The predicted molar refractivity (Wildman–Crippen MR) is 156 cm³/mol. The summed E-state index contributed by atoms with van der Waals surface area (Å²) in [6, 6.07) is 12.8. The number of nitrogens with two attached hydrogens (primary N) is 1. The average molecular weight is 608 g/mol. The van der Waals surface area contributed by atoms with Crippen LogP contribution < -0.4 is 10.6 Å². The van der Waals surface area contributed by atoms with E-state index in [1.165, 1.54) is 16.7 Å². The number of alkyl halides is 3. The highest BCUT2D eigenvalue weighted by molar-refractivity contribution is 7.98. The van der Waals surface area contributed by atoms with Gasteiger partial charge in [0.2, 0.25) is 0 Å². The molecule has 4 heterocycles. The largest absolute Gasteiger partial charge is 0.433 e. The molecule has 1 aliphatic rings. The molecule has 0 saturated carbocycles. The Kier molecular flexibility index (Phi) is 8.70. The SMILES string of the molecule is CSc1ncccc1N(Cc1ccc(-c2c(C)nn(C3CCCCO3)c2C#N)c(N)c1)C(=O)c1ccc(C(F)(F)F)nc1. The van der Waals surface area contributed by atoms with E-state index in [0.29, 0.717) is 51.1 Å². The molecule has 1 aliphatic heterocycles. The van der Waals surface area contributed by atoms with Gasteiger partial charge < -0.3 is 15.4 Å². The molecule has 1 unspecified atom stereocenters. The molecule has 1 saturated heterocycles. The molecule has 222 valence electrons. The van der Waals surface area contributed by atoms with Gasteiger partial charge >= 0.3 is 6.18 Å². The number of pyridine rings is 2. The quantitative estimate of drug-likeness (QED) is 0.189. The third-order valence-electron chi connectivity index (χ3n) is 7.13. The lowest BCUT2D eigenvalue weighted by Crippen LogP contribution is -2.31. The molecule has 9 nitrogen and oxygen atoms in total. The molecule has 43 heavy (non-hydrogen) atoms. The van der Waals surface area contributed by atoms with Crippen LogP contribution in [-0.4, -0.2) is 38.5 Å². The average Bonchev–Trinajstić information content (AvgIpc) is 3.35. The monoisotopic (exact) mass is 607 g/mol. The van der Waals surface area contributed by atoms with Crippen molar-refractivity contribution in [2.24, 2.45) is 0 Å². The smallest absolute Gasteiger partial charge is 0.398 e. The number of amides is 1. The van der Waals surface area contributed by atoms with E-state index in [1.807, 2.05) is 13.2 Å². The van der Waals surface area contributed by atoms with E-state index in [2.05, 4.69) is 21.1 Å². The second-order valence-electron chi connectivity index (χ2n) is 9.96. The van der Waals surface area contributed by atoms with Gasteiger partial charge in [-0.05, 0) is 68.3 Å². The summed E-state index contributed by atoms with van der Waals surface area (Å²) in [6.45, 7) is 2.46. The van der Waals surface area contributed by atoms with Crippen LogP contribution in [0.2, 0.25) is 0 Å². The molecule has 5 rings (SSSR count). The van der Waals surface area contributed by atoms with Gasteiger partial charge in [0, 0.05) is 35.8 Å². The normalized spacial score (nSPS) is 15.2. The van der Waals surface area contributed by atoms with Crippen LogP contribution >= 0.6 is 11.8 Å². The van der Waals surface area contributed by atoms with E-state index in [4.69, 9.17) is 10.5 Å². The number of thioether (sulfide) groups is 1. The zero-order valence-corrected chi connectivity index (χ0v) is 24.2. The lowest BCUT2D eigenvalue weighted by atomic mass is 9.99. The minimum atomic E-state index is -4.63. The van der Waals surface area contributed by atoms with Crippen molar-refractivity contribution in [1.82, 2.24) is 19.7 Å². The molecule has 3 aromatic heterocycles. The maximum Gasteiger partial charge on any atom is 0.433 e. The summed E-state index contributed by atoms with van der Waals surface area (Å²) in [7, 11) is 0. The highest BCUT2D eigenvalue weighted by atomic mass is 32.2. The summed E-state index contributed by atoms with van der Waals surface area (Å²) >= 11 is 1.33. The number of benzene rings is 1. The Balaban J connectivity index is 1.50. The number of ether oxygens (including phenoxy) is 1. The van der Waals surface area contributed by atoms with Crippen LogP contribution in [-0.2, 0) is 17.5 Å². The summed E-state index contributed by atoms with van der Waals surface area (Å²) < 4.78 is 46.7. The fraction of sp³-hybridized carbons (Fsp3) is 0.300. The van der Waals surface area contributed by atoms with E-state index in [0.717, 1.165) is 37.6 Å². The van der Waals surface area contributed by atoms with Crippen molar-refractivity contribution in [3.63, 3.8) is 0 Å². The van der Waals surface area contributed by atoms with Gasteiger partial charge in [-0.3, -0.25) is 9.78 Å². The lowest BCUT2D eigenvalue weighted by molar-refractivity contribution is -0.141. The van der Waals surface area contributed by atoms with Gasteiger partial charge in [0.05, 0.1) is 23.5 Å². The standard InChI is InChI=1S/C30H28F3N7O2S/c1-18-27(24(15-34)40(38-18)26-7-3-4-13-42-26)21-10-8-19(14-22(21)35)17-39(23-6-5-12-36-28(23)43-2)29(41)20-9-11-25(37-16-20)30(31,32)33/h5-6,8-12,14,16,26H,3-4,7,13,17,35H2,1-2H3. The van der Waals surface area contributed by atoms with Crippen molar-refractivity contribution in [2.45, 2.75) is 50.2 Å². The maximum absolute atomic E-state index is 13.7. The van der Waals surface area contributed by atoms with Crippen LogP contribution in [0.1, 0.15) is 58.5 Å². The Morgan fingerprint density at radius 1 is 1.23 bits per heavy atom. The van der Waals surface area contributed by atoms with E-state index < -0.39 is 17.8 Å².